The van der Waals surface area contributed by atoms with Gasteiger partial charge in [-0.2, -0.15) is 0 Å². The van der Waals surface area contributed by atoms with Crippen molar-refractivity contribution in [2.24, 2.45) is 0 Å². The second-order valence-corrected chi connectivity index (χ2v) is 15.7. The van der Waals surface area contributed by atoms with Gasteiger partial charge in [-0.05, 0) is 97.5 Å². The van der Waals surface area contributed by atoms with E-state index in [1.807, 2.05) is 0 Å². The van der Waals surface area contributed by atoms with Gasteiger partial charge in [-0.15, -0.1) is 0 Å². The summed E-state index contributed by atoms with van der Waals surface area (Å²) in [5.41, 5.74) is 1.77. The molecule has 2 heterocycles. The van der Waals surface area contributed by atoms with Crippen molar-refractivity contribution >= 4 is 31.3 Å². The molecule has 0 N–H and O–H groups in total. The zero-order valence-corrected chi connectivity index (χ0v) is 30.4. The molecule has 4 aromatic carbocycles. The van der Waals surface area contributed by atoms with Gasteiger partial charge < -0.3 is 4.74 Å². The number of rotatable bonds is 11. The highest BCUT2D eigenvalue weighted by Crippen LogP contribution is 2.29. The minimum absolute atomic E-state index is 0.0177. The van der Waals surface area contributed by atoms with Crippen LogP contribution in [0.5, 0.6) is 5.88 Å². The zero-order chi connectivity index (χ0) is 38.2. The number of sulfone groups is 2. The van der Waals surface area contributed by atoms with E-state index in [2.05, 4.69) is 9.97 Å². The van der Waals surface area contributed by atoms with Crippen molar-refractivity contribution in [1.82, 2.24) is 9.97 Å². The molecule has 0 fully saturated rings. The van der Waals surface area contributed by atoms with E-state index < -0.39 is 42.9 Å². The van der Waals surface area contributed by atoms with Crippen LogP contribution < -0.4 is 4.74 Å². The number of aryl methyl sites for hydroxylation is 4. The lowest BCUT2D eigenvalue weighted by Crippen LogP contribution is -2.07. The normalized spacial score (nSPS) is 11.4. The minimum Gasteiger partial charge on any atom is -0.480 e. The molecule has 0 amide bonds. The molecule has 6 aromatic rings. The number of aromatic nitrogens is 2. The average Bonchev–Trinajstić information content (AvgIpc) is 3.15. The Labute approximate surface area is 309 Å². The lowest BCUT2D eigenvalue weighted by Gasteiger charge is -2.11. The first-order valence-electron chi connectivity index (χ1n) is 16.0. The van der Waals surface area contributed by atoms with Crippen LogP contribution in [-0.2, 0) is 45.4 Å². The molecular weight excluding hydrogens is 752 g/mol. The Balaban J connectivity index is 0.000000204. The van der Waals surface area contributed by atoms with E-state index in [4.69, 9.17) is 16.3 Å². The van der Waals surface area contributed by atoms with Crippen molar-refractivity contribution in [1.29, 1.82) is 0 Å². The maximum absolute atomic E-state index is 13.7. The van der Waals surface area contributed by atoms with E-state index in [0.717, 1.165) is 12.1 Å². The highest BCUT2D eigenvalue weighted by Gasteiger charge is 2.24. The molecule has 274 valence electrons. The summed E-state index contributed by atoms with van der Waals surface area (Å²) < 4.78 is 109. The lowest BCUT2D eigenvalue weighted by atomic mass is 10.1. The molecule has 0 unspecified atom stereocenters. The fourth-order valence-corrected chi connectivity index (χ4v) is 8.32. The second-order valence-electron chi connectivity index (χ2n) is 11.5. The monoisotopic (exact) mass is 782 g/mol. The first kappa shape index (κ1) is 39.1. The summed E-state index contributed by atoms with van der Waals surface area (Å²) in [6.07, 6.45) is 1.28. The van der Waals surface area contributed by atoms with Gasteiger partial charge in [0.05, 0.1) is 16.9 Å². The van der Waals surface area contributed by atoms with Gasteiger partial charge >= 0.3 is 0 Å². The number of hydrogen-bond donors (Lipinski definition) is 0. The second kappa shape index (κ2) is 17.1. The Morgan fingerprint density at radius 1 is 0.547 bits per heavy atom. The van der Waals surface area contributed by atoms with Crippen molar-refractivity contribution < 1.29 is 39.1 Å². The van der Waals surface area contributed by atoms with Gasteiger partial charge in [-0.25, -0.2) is 44.4 Å². The van der Waals surface area contributed by atoms with Gasteiger partial charge in [0.25, 0.3) is 0 Å². The maximum atomic E-state index is 13.7. The molecule has 0 aliphatic heterocycles. The van der Waals surface area contributed by atoms with E-state index in [0.29, 0.717) is 48.2 Å². The number of methoxy groups -OCH3 is 1. The molecule has 0 radical (unpaired) electrons. The molecule has 0 aliphatic carbocycles. The molecule has 0 spiro atoms. The van der Waals surface area contributed by atoms with E-state index in [9.17, 15) is 34.4 Å². The molecule has 0 saturated carbocycles. The summed E-state index contributed by atoms with van der Waals surface area (Å²) >= 11 is 6.08. The summed E-state index contributed by atoms with van der Waals surface area (Å²) in [5.74, 6) is -2.53. The van der Waals surface area contributed by atoms with Crippen molar-refractivity contribution in [2.75, 3.05) is 7.11 Å². The number of halogens is 5. The van der Waals surface area contributed by atoms with Gasteiger partial charge in [0.15, 0.2) is 0 Å². The Kier molecular flexibility index (Phi) is 12.7. The minimum atomic E-state index is -3.77. The van der Waals surface area contributed by atoms with Crippen LogP contribution in [0.15, 0.2) is 141 Å². The van der Waals surface area contributed by atoms with E-state index in [-0.39, 0.29) is 30.6 Å². The zero-order valence-electron chi connectivity index (χ0n) is 28.0. The lowest BCUT2D eigenvalue weighted by molar-refractivity contribution is 0.383. The third kappa shape index (κ3) is 9.66. The van der Waals surface area contributed by atoms with Crippen molar-refractivity contribution in [3.8, 4) is 5.88 Å². The number of pyridine rings is 2. The molecule has 0 atom stereocenters. The molecule has 2 aromatic heterocycles. The molecule has 53 heavy (non-hydrogen) atoms. The molecule has 6 rings (SSSR count). The molecule has 7 nitrogen and oxygen atoms in total. The Bertz CT molecular complexity index is 2440. The number of ether oxygens (including phenoxy) is 1. The molecule has 0 bridgehead atoms. The van der Waals surface area contributed by atoms with Crippen molar-refractivity contribution in [3.05, 3.63) is 172 Å². The molecule has 14 heteroatoms. The van der Waals surface area contributed by atoms with E-state index >= 15 is 0 Å². The van der Waals surface area contributed by atoms with Crippen LogP contribution in [0.2, 0.25) is 5.15 Å². The summed E-state index contributed by atoms with van der Waals surface area (Å²) in [7, 11) is -6.18. The van der Waals surface area contributed by atoms with Gasteiger partial charge in [0.1, 0.15) is 38.2 Å². The number of hydrogen-bond acceptors (Lipinski definition) is 7. The highest BCUT2D eigenvalue weighted by molar-refractivity contribution is 7.92. The van der Waals surface area contributed by atoms with Crippen LogP contribution in [0.3, 0.4) is 0 Å². The average molecular weight is 783 g/mol. The molecule has 0 aliphatic rings. The Morgan fingerprint density at radius 3 is 1.42 bits per heavy atom. The molecular formula is C39H31ClF4N2O5S2. The van der Waals surface area contributed by atoms with Gasteiger partial charge in [-0.3, -0.25) is 0 Å². The third-order valence-electron chi connectivity index (χ3n) is 7.97. The van der Waals surface area contributed by atoms with Gasteiger partial charge in [0, 0.05) is 23.5 Å². The van der Waals surface area contributed by atoms with E-state index in [1.165, 1.54) is 67.8 Å². The maximum Gasteiger partial charge on any atom is 0.232 e. The largest absolute Gasteiger partial charge is 0.480 e. The predicted molar refractivity (Wildman–Crippen MR) is 191 cm³/mol. The summed E-state index contributed by atoms with van der Waals surface area (Å²) in [6.45, 7) is 0. The van der Waals surface area contributed by atoms with Crippen molar-refractivity contribution in [2.45, 2.75) is 45.3 Å². The van der Waals surface area contributed by atoms with E-state index in [1.54, 1.807) is 48.5 Å². The smallest absolute Gasteiger partial charge is 0.232 e. The molecule has 0 saturated heterocycles. The number of benzene rings is 4. The summed E-state index contributed by atoms with van der Waals surface area (Å²) in [4.78, 5) is 8.52. The van der Waals surface area contributed by atoms with Crippen LogP contribution in [0, 0.1) is 23.3 Å². The van der Waals surface area contributed by atoms with Crippen LogP contribution in [0.25, 0.3) is 0 Å². The highest BCUT2D eigenvalue weighted by atomic mass is 35.5. The fraction of sp³-hybridized carbons (Fsp3) is 0.128. The third-order valence-corrected chi connectivity index (χ3v) is 11.9. The predicted octanol–water partition coefficient (Wildman–Crippen LogP) is 8.62. The first-order valence-corrected chi connectivity index (χ1v) is 19.3. The van der Waals surface area contributed by atoms with Gasteiger partial charge in [-0.1, -0.05) is 60.1 Å². The Hall–Kier alpha value is -5.11. The fourth-order valence-electron chi connectivity index (χ4n) is 5.18. The van der Waals surface area contributed by atoms with Crippen molar-refractivity contribution in [3.63, 3.8) is 0 Å². The SMILES string of the molecule is COc1nc(CCc2ccc(F)cc2F)ccc1S(=O)(=O)c1ccccc1.O=S(=O)(c1ccccc1)c1ccc(CCc2ccc(F)cc2F)nc1Cl. The van der Waals surface area contributed by atoms with Crippen LogP contribution >= 0.6 is 11.6 Å². The quantitative estimate of drug-likeness (QED) is 0.0958. The summed E-state index contributed by atoms with van der Waals surface area (Å²) in [6, 6.07) is 28.7. The first-order chi connectivity index (χ1) is 25.3. The number of nitrogens with zero attached hydrogens (tertiary/aromatic N) is 2. The topological polar surface area (TPSA) is 103 Å². The van der Waals surface area contributed by atoms with Gasteiger partial charge in [0.2, 0.25) is 25.6 Å². The van der Waals surface area contributed by atoms with Crippen LogP contribution in [0.1, 0.15) is 22.5 Å². The van der Waals surface area contributed by atoms with Crippen LogP contribution in [-0.4, -0.2) is 33.9 Å². The summed E-state index contributed by atoms with van der Waals surface area (Å²) in [5, 5.41) is -0.133. The Morgan fingerprint density at radius 2 is 0.981 bits per heavy atom. The van der Waals surface area contributed by atoms with Crippen LogP contribution in [0.4, 0.5) is 17.6 Å². The standard InChI is InChI=1S/C20H17F2NO3S.C19H14ClF2NO2S/c1-26-20-19(27(24,25)17-5-3-2-4-6-17)12-11-16(23-20)10-8-14-7-9-15(21)13-18(14)22;20-19-18(26(24,25)16-4-2-1-3-5-16)11-10-15(23-19)9-7-13-6-8-14(21)12-17(13)22/h2-7,9,11-13H,8,10H2,1H3;1-6,8,10-12H,7,9H2.